The number of carbonyl (C=O) groups excluding carboxylic acids is 1. The zero-order valence-corrected chi connectivity index (χ0v) is 11.0. The maximum Gasteiger partial charge on any atom is 0.323 e. The van der Waals surface area contributed by atoms with Gasteiger partial charge in [0.05, 0.1) is 18.8 Å². The molecule has 17 heavy (non-hydrogen) atoms. The van der Waals surface area contributed by atoms with Crippen LogP contribution in [-0.2, 0) is 11.8 Å². The number of fused-ring (bicyclic) bond motifs is 2. The molecule has 92 valence electrons. The fourth-order valence-corrected chi connectivity index (χ4v) is 2.63. The van der Waals surface area contributed by atoms with Crippen molar-refractivity contribution in [3.05, 3.63) is 10.7 Å². The van der Waals surface area contributed by atoms with E-state index >= 15 is 0 Å². The van der Waals surface area contributed by atoms with E-state index in [1.54, 1.807) is 10.7 Å². The summed E-state index contributed by atoms with van der Waals surface area (Å²) in [6.45, 7) is 1.34. The summed E-state index contributed by atoms with van der Waals surface area (Å²) in [5.41, 5.74) is 0. The van der Waals surface area contributed by atoms with E-state index in [9.17, 15) is 4.79 Å². The Hall–Kier alpha value is -1.08. The number of ether oxygens (including phenoxy) is 1. The SMILES string of the molecule is Cn1nc(NC(=O)N2C[C@H]3C[C@@H]2CO3)cc1Br. The van der Waals surface area contributed by atoms with Crippen LogP contribution in [0.25, 0.3) is 0 Å². The molecule has 6 nitrogen and oxygen atoms in total. The average Bonchev–Trinajstić information content (AvgIpc) is 2.95. The van der Waals surface area contributed by atoms with Crippen molar-refractivity contribution < 1.29 is 9.53 Å². The average molecular weight is 301 g/mol. The smallest absolute Gasteiger partial charge is 0.323 e. The number of morpholine rings is 1. The van der Waals surface area contributed by atoms with E-state index in [1.165, 1.54) is 0 Å². The van der Waals surface area contributed by atoms with Crippen LogP contribution in [0.4, 0.5) is 10.6 Å². The zero-order chi connectivity index (χ0) is 12.0. The summed E-state index contributed by atoms with van der Waals surface area (Å²) in [5.74, 6) is 0.563. The van der Waals surface area contributed by atoms with Gasteiger partial charge in [-0.05, 0) is 22.4 Å². The number of likely N-dealkylation sites (tertiary alicyclic amines) is 1. The summed E-state index contributed by atoms with van der Waals surface area (Å²) in [4.78, 5) is 13.8. The third kappa shape index (κ3) is 1.93. The lowest BCUT2D eigenvalue weighted by Gasteiger charge is -2.26. The molecule has 2 fully saturated rings. The largest absolute Gasteiger partial charge is 0.374 e. The van der Waals surface area contributed by atoms with Crippen LogP contribution < -0.4 is 5.32 Å². The van der Waals surface area contributed by atoms with Gasteiger partial charge in [-0.15, -0.1) is 0 Å². The molecule has 3 heterocycles. The molecule has 2 bridgehead atoms. The lowest BCUT2D eigenvalue weighted by molar-refractivity contribution is 0.0473. The van der Waals surface area contributed by atoms with Crippen molar-refractivity contribution in [3.63, 3.8) is 0 Å². The molecule has 0 unspecified atom stereocenters. The molecule has 0 aliphatic carbocycles. The third-order valence-corrected chi connectivity index (χ3v) is 3.96. The van der Waals surface area contributed by atoms with Crippen molar-refractivity contribution in [1.82, 2.24) is 14.7 Å². The number of nitrogens with one attached hydrogen (secondary N) is 1. The van der Waals surface area contributed by atoms with E-state index in [4.69, 9.17) is 4.74 Å². The van der Waals surface area contributed by atoms with Crippen molar-refractivity contribution in [1.29, 1.82) is 0 Å². The summed E-state index contributed by atoms with van der Waals surface area (Å²) in [7, 11) is 1.81. The third-order valence-electron chi connectivity index (χ3n) is 3.22. The number of aromatic nitrogens is 2. The van der Waals surface area contributed by atoms with E-state index in [-0.39, 0.29) is 18.2 Å². The minimum absolute atomic E-state index is 0.0913. The quantitative estimate of drug-likeness (QED) is 0.847. The Labute approximate surface area is 107 Å². The zero-order valence-electron chi connectivity index (χ0n) is 9.39. The molecule has 0 saturated carbocycles. The monoisotopic (exact) mass is 300 g/mol. The number of anilines is 1. The highest BCUT2D eigenvalue weighted by molar-refractivity contribution is 9.10. The summed E-state index contributed by atoms with van der Waals surface area (Å²) in [6, 6.07) is 1.92. The van der Waals surface area contributed by atoms with Crippen LogP contribution in [0.2, 0.25) is 0 Å². The lowest BCUT2D eigenvalue weighted by atomic mass is 10.2. The van der Waals surface area contributed by atoms with E-state index < -0.39 is 0 Å². The Kier molecular flexibility index (Phi) is 2.59. The molecule has 7 heteroatoms. The number of rotatable bonds is 1. The van der Waals surface area contributed by atoms with E-state index in [2.05, 4.69) is 26.3 Å². The molecule has 1 N–H and O–H groups in total. The summed E-state index contributed by atoms with van der Waals surface area (Å²) in [6.07, 6.45) is 1.18. The van der Waals surface area contributed by atoms with Gasteiger partial charge in [0.25, 0.3) is 0 Å². The Morgan fingerprint density at radius 3 is 3.06 bits per heavy atom. The lowest BCUT2D eigenvalue weighted by Crippen LogP contribution is -2.43. The number of nitrogens with zero attached hydrogens (tertiary/aromatic N) is 3. The minimum atomic E-state index is -0.0913. The van der Waals surface area contributed by atoms with E-state index in [0.717, 1.165) is 11.0 Å². The summed E-state index contributed by atoms with van der Waals surface area (Å²) in [5, 5.41) is 6.96. The molecule has 2 amide bonds. The van der Waals surface area contributed by atoms with Gasteiger partial charge in [0.1, 0.15) is 4.60 Å². The minimum Gasteiger partial charge on any atom is -0.374 e. The van der Waals surface area contributed by atoms with Gasteiger partial charge in [-0.3, -0.25) is 10.00 Å². The highest BCUT2D eigenvalue weighted by Crippen LogP contribution is 2.28. The Morgan fingerprint density at radius 2 is 2.53 bits per heavy atom. The maximum absolute atomic E-state index is 12.0. The number of aryl methyl sites for hydroxylation is 1. The molecule has 1 aromatic heterocycles. The molecule has 2 saturated heterocycles. The topological polar surface area (TPSA) is 59.4 Å². The number of amides is 2. The first-order valence-electron chi connectivity index (χ1n) is 5.52. The van der Waals surface area contributed by atoms with Crippen LogP contribution in [0.15, 0.2) is 10.7 Å². The predicted molar refractivity (Wildman–Crippen MR) is 64.8 cm³/mol. The van der Waals surface area contributed by atoms with Crippen LogP contribution in [0.5, 0.6) is 0 Å². The molecule has 0 spiro atoms. The van der Waals surface area contributed by atoms with E-state index in [0.29, 0.717) is 19.0 Å². The summed E-state index contributed by atoms with van der Waals surface area (Å²) < 4.78 is 7.95. The second kappa shape index (κ2) is 3.99. The van der Waals surface area contributed by atoms with Crippen LogP contribution in [-0.4, -0.2) is 46.0 Å². The van der Waals surface area contributed by atoms with Crippen LogP contribution in [0.1, 0.15) is 6.42 Å². The van der Waals surface area contributed by atoms with Gasteiger partial charge in [0.2, 0.25) is 0 Å². The molecule has 2 aliphatic rings. The highest BCUT2D eigenvalue weighted by atomic mass is 79.9. The second-order valence-corrected chi connectivity index (χ2v) is 5.22. The Morgan fingerprint density at radius 1 is 1.71 bits per heavy atom. The molecule has 3 rings (SSSR count). The van der Waals surface area contributed by atoms with Gasteiger partial charge in [-0.1, -0.05) is 0 Å². The first-order chi connectivity index (χ1) is 8.13. The maximum atomic E-state index is 12.0. The van der Waals surface area contributed by atoms with Crippen LogP contribution >= 0.6 is 15.9 Å². The van der Waals surface area contributed by atoms with Crippen molar-refractivity contribution in [2.75, 3.05) is 18.5 Å². The number of carbonyl (C=O) groups is 1. The molecule has 2 aliphatic heterocycles. The van der Waals surface area contributed by atoms with Gasteiger partial charge in [0, 0.05) is 19.7 Å². The van der Waals surface area contributed by atoms with Gasteiger partial charge >= 0.3 is 6.03 Å². The normalized spacial score (nSPS) is 26.6. The van der Waals surface area contributed by atoms with Gasteiger partial charge < -0.3 is 9.64 Å². The number of halogens is 1. The van der Waals surface area contributed by atoms with Crippen LogP contribution in [0.3, 0.4) is 0 Å². The molecular formula is C10H13BrN4O2. The fraction of sp³-hybridized carbons (Fsp3) is 0.600. The number of hydrogen-bond acceptors (Lipinski definition) is 3. The number of hydrogen-bond donors (Lipinski definition) is 1. The van der Waals surface area contributed by atoms with Crippen LogP contribution in [0, 0.1) is 0 Å². The number of urea groups is 1. The fourth-order valence-electron chi connectivity index (χ4n) is 2.34. The Bertz CT molecular complexity index is 442. The van der Waals surface area contributed by atoms with Gasteiger partial charge in [-0.2, -0.15) is 5.10 Å². The van der Waals surface area contributed by atoms with E-state index in [1.807, 2.05) is 11.9 Å². The highest BCUT2D eigenvalue weighted by Gasteiger charge is 2.41. The van der Waals surface area contributed by atoms with Crippen molar-refractivity contribution in [3.8, 4) is 0 Å². The first kappa shape index (κ1) is 11.0. The standard InChI is InChI=1S/C10H13BrN4O2/c1-14-8(11)3-9(13-14)12-10(16)15-4-7-2-6(15)5-17-7/h3,6-7H,2,4-5H2,1H3,(H,12,13,16)/t6-,7-/m1/s1. The van der Waals surface area contributed by atoms with Gasteiger partial charge in [0.15, 0.2) is 5.82 Å². The summed E-state index contributed by atoms with van der Waals surface area (Å²) >= 11 is 3.34. The molecular weight excluding hydrogens is 288 g/mol. The molecule has 0 radical (unpaired) electrons. The molecule has 1 aromatic rings. The second-order valence-electron chi connectivity index (χ2n) is 4.40. The van der Waals surface area contributed by atoms with Crippen molar-refractivity contribution in [2.24, 2.45) is 7.05 Å². The van der Waals surface area contributed by atoms with Gasteiger partial charge in [-0.25, -0.2) is 4.79 Å². The molecule has 0 aromatic carbocycles. The first-order valence-corrected chi connectivity index (χ1v) is 6.31. The van der Waals surface area contributed by atoms with Crippen molar-refractivity contribution in [2.45, 2.75) is 18.6 Å². The Balaban J connectivity index is 1.67. The predicted octanol–water partition coefficient (Wildman–Crippen LogP) is 1.19. The van der Waals surface area contributed by atoms with Crippen molar-refractivity contribution >= 4 is 27.8 Å². The molecule has 2 atom stereocenters.